The van der Waals surface area contributed by atoms with E-state index in [2.05, 4.69) is 21.6 Å². The molecule has 1 amide bonds. The third-order valence-corrected chi connectivity index (χ3v) is 5.99. The van der Waals surface area contributed by atoms with Crippen molar-refractivity contribution in [3.63, 3.8) is 0 Å². The number of anilines is 1. The Morgan fingerprint density at radius 2 is 1.90 bits per heavy atom. The number of carbonyl (C=O) groups excluding carboxylic acids is 1. The van der Waals surface area contributed by atoms with E-state index in [-0.39, 0.29) is 11.7 Å². The molecule has 0 spiro atoms. The van der Waals surface area contributed by atoms with Gasteiger partial charge in [-0.1, -0.05) is 36.0 Å². The van der Waals surface area contributed by atoms with Crippen LogP contribution in [0, 0.1) is 27.7 Å². The zero-order valence-corrected chi connectivity index (χ0v) is 19.0. The minimum Gasteiger partial charge on any atom is -0.485 e. The van der Waals surface area contributed by atoms with Crippen LogP contribution in [0.3, 0.4) is 0 Å². The normalized spacial score (nSPS) is 10.8. The summed E-state index contributed by atoms with van der Waals surface area (Å²) in [6.45, 7) is 11.2. The second-order valence-corrected chi connectivity index (χ2v) is 8.23. The second kappa shape index (κ2) is 9.80. The highest BCUT2D eigenvalue weighted by Gasteiger charge is 2.15. The quantitative estimate of drug-likeness (QED) is 0.524. The Morgan fingerprint density at radius 1 is 1.10 bits per heavy atom. The van der Waals surface area contributed by atoms with Crippen molar-refractivity contribution in [2.75, 3.05) is 11.1 Å². The van der Waals surface area contributed by atoms with E-state index in [1.54, 1.807) is 0 Å². The van der Waals surface area contributed by atoms with E-state index in [9.17, 15) is 4.79 Å². The molecule has 30 heavy (non-hydrogen) atoms. The van der Waals surface area contributed by atoms with Crippen molar-refractivity contribution >= 4 is 23.4 Å². The lowest BCUT2D eigenvalue weighted by Crippen LogP contribution is -2.16. The Kier molecular flexibility index (Phi) is 7.15. The van der Waals surface area contributed by atoms with Crippen LogP contribution in [-0.4, -0.2) is 26.4 Å². The van der Waals surface area contributed by atoms with Crippen LogP contribution in [0.5, 0.6) is 5.75 Å². The van der Waals surface area contributed by atoms with E-state index >= 15 is 0 Å². The minimum atomic E-state index is -0.0625. The first kappa shape index (κ1) is 21.9. The molecule has 0 radical (unpaired) electrons. The van der Waals surface area contributed by atoms with Gasteiger partial charge in [0.1, 0.15) is 12.4 Å². The molecule has 0 saturated heterocycles. The van der Waals surface area contributed by atoms with E-state index in [1.165, 1.54) is 11.8 Å². The largest absolute Gasteiger partial charge is 0.485 e. The number of nitrogens with zero attached hydrogens (tertiary/aromatic N) is 3. The highest BCUT2D eigenvalue weighted by Crippen LogP contribution is 2.23. The van der Waals surface area contributed by atoms with Crippen LogP contribution in [0.15, 0.2) is 41.6 Å². The average molecular weight is 425 g/mol. The highest BCUT2D eigenvalue weighted by atomic mass is 32.2. The molecule has 0 unspecified atom stereocenters. The maximum atomic E-state index is 12.4. The average Bonchev–Trinajstić information content (AvgIpc) is 3.12. The van der Waals surface area contributed by atoms with Crippen molar-refractivity contribution in [3.05, 3.63) is 64.5 Å². The zero-order valence-electron chi connectivity index (χ0n) is 18.2. The Morgan fingerprint density at radius 3 is 2.67 bits per heavy atom. The molecule has 1 N–H and O–H groups in total. The van der Waals surface area contributed by atoms with Gasteiger partial charge in [0.25, 0.3) is 0 Å². The first-order chi connectivity index (χ1) is 14.4. The number of hydrogen-bond acceptors (Lipinski definition) is 5. The van der Waals surface area contributed by atoms with Crippen LogP contribution < -0.4 is 10.1 Å². The van der Waals surface area contributed by atoms with Gasteiger partial charge in [-0.05, 0) is 69.0 Å². The van der Waals surface area contributed by atoms with Gasteiger partial charge in [-0.25, -0.2) is 0 Å². The number of thioether (sulfide) groups is 1. The molecule has 6 nitrogen and oxygen atoms in total. The SMILES string of the molecule is CCn1c(COc2cc(C)ccc2C)nnc1SCC(=O)Nc1cccc(C)c1C. The number of hydrogen-bond donors (Lipinski definition) is 1. The van der Waals surface area contributed by atoms with Crippen molar-refractivity contribution < 1.29 is 9.53 Å². The molecule has 3 aromatic rings. The number of nitrogens with one attached hydrogen (secondary N) is 1. The van der Waals surface area contributed by atoms with E-state index in [0.717, 1.165) is 39.5 Å². The summed E-state index contributed by atoms with van der Waals surface area (Å²) < 4.78 is 7.96. The first-order valence-electron chi connectivity index (χ1n) is 10.00. The third-order valence-electron chi connectivity index (χ3n) is 5.02. The number of ether oxygens (including phenoxy) is 1. The Hall–Kier alpha value is -2.80. The number of rotatable bonds is 8. The van der Waals surface area contributed by atoms with Gasteiger partial charge in [-0.15, -0.1) is 10.2 Å². The van der Waals surface area contributed by atoms with E-state index in [0.29, 0.717) is 18.3 Å². The Balaban J connectivity index is 1.62. The Labute approximate surface area is 182 Å². The van der Waals surface area contributed by atoms with Gasteiger partial charge >= 0.3 is 0 Å². The van der Waals surface area contributed by atoms with Gasteiger partial charge in [0, 0.05) is 12.2 Å². The lowest BCUT2D eigenvalue weighted by Gasteiger charge is -2.12. The maximum Gasteiger partial charge on any atom is 0.234 e. The molecule has 3 rings (SSSR count). The lowest BCUT2D eigenvalue weighted by molar-refractivity contribution is -0.113. The minimum absolute atomic E-state index is 0.0625. The van der Waals surface area contributed by atoms with Crippen LogP contribution in [0.4, 0.5) is 5.69 Å². The van der Waals surface area contributed by atoms with Gasteiger partial charge in [-0.2, -0.15) is 0 Å². The van der Waals surface area contributed by atoms with Gasteiger partial charge < -0.3 is 14.6 Å². The van der Waals surface area contributed by atoms with Crippen molar-refractivity contribution in [3.8, 4) is 5.75 Å². The molecular weight excluding hydrogens is 396 g/mol. The summed E-state index contributed by atoms with van der Waals surface area (Å²) in [6, 6.07) is 12.0. The highest BCUT2D eigenvalue weighted by molar-refractivity contribution is 7.99. The number of benzene rings is 2. The summed E-state index contributed by atoms with van der Waals surface area (Å²) in [4.78, 5) is 12.4. The van der Waals surface area contributed by atoms with Crippen LogP contribution in [-0.2, 0) is 17.9 Å². The van der Waals surface area contributed by atoms with Crippen molar-refractivity contribution in [2.24, 2.45) is 0 Å². The second-order valence-electron chi connectivity index (χ2n) is 7.29. The van der Waals surface area contributed by atoms with Crippen molar-refractivity contribution in [1.82, 2.24) is 14.8 Å². The molecule has 0 aliphatic heterocycles. The van der Waals surface area contributed by atoms with Crippen LogP contribution >= 0.6 is 11.8 Å². The predicted molar refractivity (Wildman–Crippen MR) is 121 cm³/mol. The maximum absolute atomic E-state index is 12.4. The molecule has 0 atom stereocenters. The summed E-state index contributed by atoms with van der Waals surface area (Å²) in [6.07, 6.45) is 0. The summed E-state index contributed by atoms with van der Waals surface area (Å²) in [5.74, 6) is 1.80. The summed E-state index contributed by atoms with van der Waals surface area (Å²) in [5, 5.41) is 12.2. The molecular formula is C23H28N4O2S. The molecule has 158 valence electrons. The van der Waals surface area contributed by atoms with Crippen molar-refractivity contribution in [2.45, 2.75) is 52.9 Å². The number of aromatic nitrogens is 3. The van der Waals surface area contributed by atoms with Crippen LogP contribution in [0.1, 0.15) is 35.0 Å². The molecule has 0 aliphatic rings. The van der Waals surface area contributed by atoms with Crippen LogP contribution in [0.2, 0.25) is 0 Å². The molecule has 7 heteroatoms. The molecule has 1 aromatic heterocycles. The molecule has 0 saturated carbocycles. The summed E-state index contributed by atoms with van der Waals surface area (Å²) >= 11 is 1.38. The fourth-order valence-corrected chi connectivity index (χ4v) is 3.88. The predicted octanol–water partition coefficient (Wildman–Crippen LogP) is 4.84. The lowest BCUT2D eigenvalue weighted by atomic mass is 10.1. The van der Waals surface area contributed by atoms with Gasteiger partial charge in [0.15, 0.2) is 11.0 Å². The fraction of sp³-hybridized carbons (Fsp3) is 0.348. The van der Waals surface area contributed by atoms with E-state index in [1.807, 2.05) is 69.5 Å². The monoisotopic (exact) mass is 424 g/mol. The topological polar surface area (TPSA) is 69.0 Å². The van der Waals surface area contributed by atoms with E-state index < -0.39 is 0 Å². The molecule has 2 aromatic carbocycles. The van der Waals surface area contributed by atoms with Gasteiger partial charge in [-0.3, -0.25) is 4.79 Å². The van der Waals surface area contributed by atoms with Gasteiger partial charge in [0.2, 0.25) is 5.91 Å². The Bertz CT molecular complexity index is 1050. The zero-order chi connectivity index (χ0) is 21.7. The smallest absolute Gasteiger partial charge is 0.234 e. The number of amides is 1. The summed E-state index contributed by atoms with van der Waals surface area (Å²) in [7, 11) is 0. The first-order valence-corrected chi connectivity index (χ1v) is 11.0. The van der Waals surface area contributed by atoms with Gasteiger partial charge in [0.05, 0.1) is 5.75 Å². The standard InChI is InChI=1S/C23H28N4O2S/c1-6-27-21(13-29-20-12-15(2)10-11-17(20)4)25-26-23(27)30-14-22(28)24-19-9-7-8-16(3)18(19)5/h7-12H,6,13-14H2,1-5H3,(H,24,28). The molecule has 0 aliphatic carbocycles. The number of carbonyl (C=O) groups is 1. The van der Waals surface area contributed by atoms with E-state index in [4.69, 9.17) is 4.74 Å². The number of aryl methyl sites for hydroxylation is 3. The van der Waals surface area contributed by atoms with Crippen molar-refractivity contribution in [1.29, 1.82) is 0 Å². The van der Waals surface area contributed by atoms with Crippen LogP contribution in [0.25, 0.3) is 0 Å². The summed E-state index contributed by atoms with van der Waals surface area (Å²) in [5.41, 5.74) is 5.32. The molecule has 1 heterocycles. The molecule has 0 fully saturated rings. The third kappa shape index (κ3) is 5.21. The molecule has 0 bridgehead atoms. The fourth-order valence-electron chi connectivity index (χ4n) is 3.06.